The predicted octanol–water partition coefficient (Wildman–Crippen LogP) is 2.89. The maximum absolute atomic E-state index is 13.1. The van der Waals surface area contributed by atoms with Crippen molar-refractivity contribution in [3.8, 4) is 5.75 Å². The molecule has 0 spiro atoms. The molecule has 24 heavy (non-hydrogen) atoms. The normalized spacial score (nSPS) is 10.3. The molecule has 0 fully saturated rings. The van der Waals surface area contributed by atoms with E-state index >= 15 is 0 Å². The zero-order valence-electron chi connectivity index (χ0n) is 14.1. The Hall–Kier alpha value is -2.63. The van der Waals surface area contributed by atoms with E-state index in [4.69, 9.17) is 4.74 Å². The number of carbonyl (C=O) groups excluding carboxylic acids is 1. The van der Waals surface area contributed by atoms with E-state index in [2.05, 4.69) is 15.6 Å². The number of halogens is 1. The van der Waals surface area contributed by atoms with Crippen molar-refractivity contribution in [1.29, 1.82) is 0 Å². The lowest BCUT2D eigenvalue weighted by atomic mass is 10.1. The summed E-state index contributed by atoms with van der Waals surface area (Å²) in [6, 6.07) is 6.06. The lowest BCUT2D eigenvalue weighted by molar-refractivity contribution is 0.240. The number of nitrogens with one attached hydrogen (secondary N) is 2. The maximum atomic E-state index is 13.1. The van der Waals surface area contributed by atoms with Gasteiger partial charge in [0.05, 0.1) is 19.3 Å². The molecule has 0 bridgehead atoms. The largest absolute Gasteiger partial charge is 0.496 e. The molecule has 5 nitrogen and oxygen atoms in total. The molecule has 0 radical (unpaired) electrons. The minimum atomic E-state index is -0.285. The molecule has 0 aliphatic carbocycles. The van der Waals surface area contributed by atoms with Gasteiger partial charge >= 0.3 is 6.03 Å². The average molecular weight is 331 g/mol. The summed E-state index contributed by atoms with van der Waals surface area (Å²) in [5.74, 6) is 0.514. The zero-order valence-corrected chi connectivity index (χ0v) is 14.1. The zero-order chi connectivity index (χ0) is 17.5. The number of amides is 2. The number of hydrogen-bond donors (Lipinski definition) is 2. The first-order valence-electron chi connectivity index (χ1n) is 7.76. The molecule has 2 N–H and O–H groups in total. The molecule has 6 heteroatoms. The van der Waals surface area contributed by atoms with Gasteiger partial charge in [0.2, 0.25) is 0 Å². The van der Waals surface area contributed by atoms with Crippen LogP contribution in [-0.4, -0.2) is 24.7 Å². The van der Waals surface area contributed by atoms with Crippen molar-refractivity contribution < 1.29 is 13.9 Å². The summed E-state index contributed by atoms with van der Waals surface area (Å²) in [7, 11) is 1.62. The highest BCUT2D eigenvalue weighted by Crippen LogP contribution is 2.23. The summed E-state index contributed by atoms with van der Waals surface area (Å²) in [5.41, 5.74) is 3.48. The fourth-order valence-corrected chi connectivity index (χ4v) is 2.49. The SMILES string of the molecule is COc1c(C)cnc(CNC(=O)NCCc2cccc(F)c2)c1C. The van der Waals surface area contributed by atoms with E-state index in [0.29, 0.717) is 19.5 Å². The third kappa shape index (κ3) is 4.68. The van der Waals surface area contributed by atoms with Gasteiger partial charge in [-0.05, 0) is 38.0 Å². The number of nitrogens with zero attached hydrogens (tertiary/aromatic N) is 1. The molecular weight excluding hydrogens is 309 g/mol. The van der Waals surface area contributed by atoms with Gasteiger partial charge in [-0.2, -0.15) is 0 Å². The van der Waals surface area contributed by atoms with Crippen molar-refractivity contribution in [3.63, 3.8) is 0 Å². The second kappa shape index (κ2) is 8.29. The van der Waals surface area contributed by atoms with Crippen LogP contribution in [0.5, 0.6) is 5.75 Å². The van der Waals surface area contributed by atoms with Crippen molar-refractivity contribution in [2.45, 2.75) is 26.8 Å². The van der Waals surface area contributed by atoms with Crippen LogP contribution in [0, 0.1) is 19.7 Å². The summed E-state index contributed by atoms with van der Waals surface area (Å²) >= 11 is 0. The number of benzene rings is 1. The molecule has 2 amide bonds. The van der Waals surface area contributed by atoms with Crippen LogP contribution in [0.3, 0.4) is 0 Å². The van der Waals surface area contributed by atoms with Crippen molar-refractivity contribution in [3.05, 3.63) is 58.7 Å². The third-order valence-corrected chi connectivity index (χ3v) is 3.75. The quantitative estimate of drug-likeness (QED) is 0.855. The highest BCUT2D eigenvalue weighted by atomic mass is 19.1. The van der Waals surface area contributed by atoms with Gasteiger partial charge in [-0.15, -0.1) is 0 Å². The number of carbonyl (C=O) groups is 1. The number of pyridine rings is 1. The Balaban J connectivity index is 1.81. The van der Waals surface area contributed by atoms with E-state index in [0.717, 1.165) is 28.1 Å². The van der Waals surface area contributed by atoms with Gasteiger partial charge in [0.25, 0.3) is 0 Å². The van der Waals surface area contributed by atoms with E-state index in [9.17, 15) is 9.18 Å². The number of aromatic nitrogens is 1. The van der Waals surface area contributed by atoms with Gasteiger partial charge in [-0.25, -0.2) is 9.18 Å². The molecule has 0 saturated heterocycles. The molecular formula is C18H22FN3O2. The number of aryl methyl sites for hydroxylation is 1. The van der Waals surface area contributed by atoms with E-state index in [1.54, 1.807) is 19.4 Å². The number of urea groups is 1. The fraction of sp³-hybridized carbons (Fsp3) is 0.333. The first-order valence-corrected chi connectivity index (χ1v) is 7.76. The Morgan fingerprint density at radius 3 is 2.79 bits per heavy atom. The highest BCUT2D eigenvalue weighted by molar-refractivity contribution is 5.73. The Kier molecular flexibility index (Phi) is 6.12. The molecule has 0 saturated carbocycles. The van der Waals surface area contributed by atoms with Crippen LogP contribution < -0.4 is 15.4 Å². The second-order valence-electron chi connectivity index (χ2n) is 5.54. The standard InChI is InChI=1S/C18H22FN3O2/c1-12-10-21-16(13(2)17(12)24-3)11-22-18(23)20-8-7-14-5-4-6-15(19)9-14/h4-6,9-10H,7-8,11H2,1-3H3,(H2,20,22,23). The van der Waals surface area contributed by atoms with E-state index in [1.165, 1.54) is 12.1 Å². The Bertz CT molecular complexity index is 719. The first kappa shape index (κ1) is 17.7. The van der Waals surface area contributed by atoms with Crippen LogP contribution >= 0.6 is 0 Å². The van der Waals surface area contributed by atoms with Crippen LogP contribution in [0.2, 0.25) is 0 Å². The minimum absolute atomic E-state index is 0.271. The number of rotatable bonds is 6. The van der Waals surface area contributed by atoms with Gasteiger partial charge in [0.1, 0.15) is 11.6 Å². The molecule has 1 aromatic carbocycles. The van der Waals surface area contributed by atoms with E-state index in [-0.39, 0.29) is 11.8 Å². The fourth-order valence-electron chi connectivity index (χ4n) is 2.49. The van der Waals surface area contributed by atoms with Crippen molar-refractivity contribution in [2.75, 3.05) is 13.7 Å². The molecule has 2 aromatic rings. The Morgan fingerprint density at radius 1 is 1.29 bits per heavy atom. The maximum Gasteiger partial charge on any atom is 0.315 e. The van der Waals surface area contributed by atoms with Gasteiger partial charge in [-0.3, -0.25) is 4.98 Å². The molecule has 128 valence electrons. The number of ether oxygens (including phenoxy) is 1. The predicted molar refractivity (Wildman–Crippen MR) is 90.6 cm³/mol. The molecule has 1 aromatic heterocycles. The first-order chi connectivity index (χ1) is 11.5. The summed E-state index contributed by atoms with van der Waals surface area (Å²) in [5, 5.41) is 5.51. The van der Waals surface area contributed by atoms with Crippen LogP contribution in [0.15, 0.2) is 30.5 Å². The third-order valence-electron chi connectivity index (χ3n) is 3.75. The molecule has 0 unspecified atom stereocenters. The molecule has 1 heterocycles. The highest BCUT2D eigenvalue weighted by Gasteiger charge is 2.10. The van der Waals surface area contributed by atoms with Crippen LogP contribution in [0.25, 0.3) is 0 Å². The Labute approximate surface area is 141 Å². The second-order valence-corrected chi connectivity index (χ2v) is 5.54. The number of hydrogen-bond acceptors (Lipinski definition) is 3. The van der Waals surface area contributed by atoms with Gasteiger partial charge < -0.3 is 15.4 Å². The summed E-state index contributed by atoms with van der Waals surface area (Å²) in [6.07, 6.45) is 2.30. The lowest BCUT2D eigenvalue weighted by Crippen LogP contribution is -2.36. The average Bonchev–Trinajstić information content (AvgIpc) is 2.55. The molecule has 0 atom stereocenters. The van der Waals surface area contributed by atoms with Gasteiger partial charge in [0.15, 0.2) is 0 Å². The minimum Gasteiger partial charge on any atom is -0.496 e. The topological polar surface area (TPSA) is 63.2 Å². The van der Waals surface area contributed by atoms with E-state index in [1.807, 2.05) is 19.9 Å². The van der Waals surface area contributed by atoms with Crippen LogP contribution in [0.4, 0.5) is 9.18 Å². The van der Waals surface area contributed by atoms with Crippen LogP contribution in [0.1, 0.15) is 22.4 Å². The van der Waals surface area contributed by atoms with Gasteiger partial charge in [-0.1, -0.05) is 12.1 Å². The summed E-state index contributed by atoms with van der Waals surface area (Å²) in [4.78, 5) is 16.2. The monoisotopic (exact) mass is 331 g/mol. The number of methoxy groups -OCH3 is 1. The van der Waals surface area contributed by atoms with E-state index < -0.39 is 0 Å². The molecule has 0 aliphatic heterocycles. The van der Waals surface area contributed by atoms with Crippen LogP contribution in [-0.2, 0) is 13.0 Å². The Morgan fingerprint density at radius 2 is 2.08 bits per heavy atom. The molecule has 2 rings (SSSR count). The molecule has 0 aliphatic rings. The van der Waals surface area contributed by atoms with Crippen molar-refractivity contribution in [1.82, 2.24) is 15.6 Å². The smallest absolute Gasteiger partial charge is 0.315 e. The van der Waals surface area contributed by atoms with Crippen molar-refractivity contribution >= 4 is 6.03 Å². The van der Waals surface area contributed by atoms with Crippen molar-refractivity contribution in [2.24, 2.45) is 0 Å². The summed E-state index contributed by atoms with van der Waals surface area (Å²) in [6.45, 7) is 4.58. The summed E-state index contributed by atoms with van der Waals surface area (Å²) < 4.78 is 18.4. The van der Waals surface area contributed by atoms with Gasteiger partial charge in [0, 0.05) is 23.9 Å². The lowest BCUT2D eigenvalue weighted by Gasteiger charge is -2.13.